The number of carbonyl (C=O) groups is 1. The SMILES string of the molecule is O=C(Cc1cn2c(n1)CCCC2)Nc1ncc(C2CCCCC2)cn1. The molecule has 3 heterocycles. The predicted octanol–water partition coefficient (Wildman–Crippen LogP) is 3.24. The third-order valence-electron chi connectivity index (χ3n) is 5.30. The molecule has 1 fully saturated rings. The van der Waals surface area contributed by atoms with Crippen molar-refractivity contribution in [3.63, 3.8) is 0 Å². The van der Waals surface area contributed by atoms with Crippen molar-refractivity contribution < 1.29 is 4.79 Å². The molecule has 1 aliphatic heterocycles. The molecule has 2 aliphatic rings. The first-order valence-corrected chi connectivity index (χ1v) is 9.44. The summed E-state index contributed by atoms with van der Waals surface area (Å²) >= 11 is 0. The van der Waals surface area contributed by atoms with E-state index in [4.69, 9.17) is 0 Å². The van der Waals surface area contributed by atoms with Crippen molar-refractivity contribution in [2.45, 2.75) is 70.3 Å². The predicted molar refractivity (Wildman–Crippen MR) is 95.4 cm³/mol. The Labute approximate surface area is 148 Å². The molecule has 2 aromatic rings. The van der Waals surface area contributed by atoms with Crippen LogP contribution in [0.2, 0.25) is 0 Å². The number of nitrogens with zero attached hydrogens (tertiary/aromatic N) is 4. The zero-order valence-corrected chi connectivity index (χ0v) is 14.6. The fraction of sp³-hybridized carbons (Fsp3) is 0.579. The lowest BCUT2D eigenvalue weighted by atomic mass is 9.85. The fourth-order valence-corrected chi connectivity index (χ4v) is 3.94. The van der Waals surface area contributed by atoms with Gasteiger partial charge in [-0.2, -0.15) is 0 Å². The maximum Gasteiger partial charge on any atom is 0.232 e. The number of aryl methyl sites for hydroxylation is 2. The zero-order valence-electron chi connectivity index (χ0n) is 14.6. The highest BCUT2D eigenvalue weighted by molar-refractivity contribution is 5.90. The van der Waals surface area contributed by atoms with E-state index in [0.29, 0.717) is 11.9 Å². The summed E-state index contributed by atoms with van der Waals surface area (Å²) < 4.78 is 2.17. The highest BCUT2D eigenvalue weighted by Crippen LogP contribution is 2.31. The van der Waals surface area contributed by atoms with Gasteiger partial charge in [0.1, 0.15) is 5.82 Å². The Morgan fingerprint density at radius 2 is 1.92 bits per heavy atom. The molecule has 1 saturated carbocycles. The van der Waals surface area contributed by atoms with E-state index in [9.17, 15) is 4.79 Å². The topological polar surface area (TPSA) is 72.7 Å². The molecule has 132 valence electrons. The van der Waals surface area contributed by atoms with Gasteiger partial charge in [0.15, 0.2) is 0 Å². The Balaban J connectivity index is 1.35. The van der Waals surface area contributed by atoms with Crippen LogP contribution < -0.4 is 5.32 Å². The van der Waals surface area contributed by atoms with E-state index >= 15 is 0 Å². The van der Waals surface area contributed by atoms with Gasteiger partial charge in [0.25, 0.3) is 0 Å². The smallest absolute Gasteiger partial charge is 0.232 e. The van der Waals surface area contributed by atoms with E-state index in [1.54, 1.807) is 0 Å². The van der Waals surface area contributed by atoms with Gasteiger partial charge in [-0.3, -0.25) is 10.1 Å². The van der Waals surface area contributed by atoms with E-state index in [1.807, 2.05) is 18.6 Å². The molecule has 0 atom stereocenters. The van der Waals surface area contributed by atoms with E-state index in [-0.39, 0.29) is 12.3 Å². The number of hydrogen-bond donors (Lipinski definition) is 1. The van der Waals surface area contributed by atoms with Crippen molar-refractivity contribution in [3.8, 4) is 0 Å². The number of rotatable bonds is 4. The normalized spacial score (nSPS) is 17.9. The third kappa shape index (κ3) is 3.89. The Bertz CT molecular complexity index is 707. The summed E-state index contributed by atoms with van der Waals surface area (Å²) in [6, 6.07) is 0. The molecular weight excluding hydrogens is 314 g/mol. The molecule has 1 aliphatic carbocycles. The number of fused-ring (bicyclic) bond motifs is 1. The van der Waals surface area contributed by atoms with Crippen LogP contribution in [0.4, 0.5) is 5.95 Å². The molecule has 0 saturated heterocycles. The average molecular weight is 339 g/mol. The Morgan fingerprint density at radius 1 is 1.12 bits per heavy atom. The minimum absolute atomic E-state index is 0.110. The molecule has 0 bridgehead atoms. The van der Waals surface area contributed by atoms with E-state index in [0.717, 1.165) is 24.5 Å². The van der Waals surface area contributed by atoms with Gasteiger partial charge in [-0.15, -0.1) is 0 Å². The number of anilines is 1. The van der Waals surface area contributed by atoms with Crippen molar-refractivity contribution in [2.24, 2.45) is 0 Å². The van der Waals surface area contributed by atoms with Gasteiger partial charge in [-0.25, -0.2) is 15.0 Å². The van der Waals surface area contributed by atoms with Crippen molar-refractivity contribution in [2.75, 3.05) is 5.32 Å². The molecule has 2 aromatic heterocycles. The van der Waals surface area contributed by atoms with Crippen LogP contribution in [0.25, 0.3) is 0 Å². The lowest BCUT2D eigenvalue weighted by molar-refractivity contribution is -0.115. The van der Waals surface area contributed by atoms with Gasteiger partial charge in [0, 0.05) is 31.6 Å². The van der Waals surface area contributed by atoms with Crippen LogP contribution in [0.15, 0.2) is 18.6 Å². The summed E-state index contributed by atoms with van der Waals surface area (Å²) in [7, 11) is 0. The van der Waals surface area contributed by atoms with Crippen LogP contribution in [0.5, 0.6) is 0 Å². The molecule has 0 spiro atoms. The first-order chi connectivity index (χ1) is 12.3. The largest absolute Gasteiger partial charge is 0.335 e. The highest BCUT2D eigenvalue weighted by atomic mass is 16.1. The van der Waals surface area contributed by atoms with E-state index < -0.39 is 0 Å². The number of carbonyl (C=O) groups excluding carboxylic acids is 1. The average Bonchev–Trinajstić information content (AvgIpc) is 3.05. The summed E-state index contributed by atoms with van der Waals surface area (Å²) in [6.07, 6.45) is 15.8. The molecule has 1 N–H and O–H groups in total. The molecule has 6 heteroatoms. The van der Waals surface area contributed by atoms with Crippen LogP contribution in [0.1, 0.15) is 67.9 Å². The summed E-state index contributed by atoms with van der Waals surface area (Å²) in [6.45, 7) is 1.01. The van der Waals surface area contributed by atoms with Crippen molar-refractivity contribution >= 4 is 11.9 Å². The van der Waals surface area contributed by atoms with Gasteiger partial charge in [-0.1, -0.05) is 19.3 Å². The van der Waals surface area contributed by atoms with Crippen molar-refractivity contribution in [1.82, 2.24) is 19.5 Å². The molecule has 4 rings (SSSR count). The van der Waals surface area contributed by atoms with Crippen molar-refractivity contribution in [3.05, 3.63) is 35.7 Å². The summed E-state index contributed by atoms with van der Waals surface area (Å²) in [4.78, 5) is 25.5. The molecule has 6 nitrogen and oxygen atoms in total. The molecular formula is C19H25N5O. The van der Waals surface area contributed by atoms with Gasteiger partial charge >= 0.3 is 0 Å². The fourth-order valence-electron chi connectivity index (χ4n) is 3.94. The Kier molecular flexibility index (Phi) is 4.76. The maximum atomic E-state index is 12.2. The Hall–Kier alpha value is -2.24. The molecule has 0 unspecified atom stereocenters. The Morgan fingerprint density at radius 3 is 2.68 bits per heavy atom. The van der Waals surface area contributed by atoms with Gasteiger partial charge in [0.2, 0.25) is 11.9 Å². The van der Waals surface area contributed by atoms with Crippen LogP contribution in [0, 0.1) is 0 Å². The van der Waals surface area contributed by atoms with E-state index in [1.165, 1.54) is 50.5 Å². The standard InChI is InChI=1S/C19H25N5O/c25-18(10-16-13-24-9-5-4-8-17(24)22-16)23-19-20-11-15(12-21-19)14-6-2-1-3-7-14/h11-14H,1-10H2,(H,20,21,23,25). The first kappa shape index (κ1) is 16.2. The second-order valence-electron chi connectivity index (χ2n) is 7.20. The van der Waals surface area contributed by atoms with Gasteiger partial charge in [0.05, 0.1) is 12.1 Å². The zero-order chi connectivity index (χ0) is 17.1. The van der Waals surface area contributed by atoms with Crippen LogP contribution in [0.3, 0.4) is 0 Å². The number of aromatic nitrogens is 4. The monoisotopic (exact) mass is 339 g/mol. The summed E-state index contributed by atoms with van der Waals surface area (Å²) in [5.41, 5.74) is 2.02. The summed E-state index contributed by atoms with van der Waals surface area (Å²) in [5, 5.41) is 2.79. The molecule has 0 aromatic carbocycles. The van der Waals surface area contributed by atoms with Gasteiger partial charge < -0.3 is 4.57 Å². The number of amides is 1. The van der Waals surface area contributed by atoms with Crippen molar-refractivity contribution in [1.29, 1.82) is 0 Å². The first-order valence-electron chi connectivity index (χ1n) is 9.44. The third-order valence-corrected chi connectivity index (χ3v) is 5.30. The molecule has 1 amide bonds. The maximum absolute atomic E-state index is 12.2. The molecule has 0 radical (unpaired) electrons. The van der Waals surface area contributed by atoms with Crippen LogP contribution >= 0.6 is 0 Å². The van der Waals surface area contributed by atoms with Gasteiger partial charge in [-0.05, 0) is 37.2 Å². The lowest BCUT2D eigenvalue weighted by Gasteiger charge is -2.21. The second-order valence-corrected chi connectivity index (χ2v) is 7.20. The molecule has 25 heavy (non-hydrogen) atoms. The summed E-state index contributed by atoms with van der Waals surface area (Å²) in [5.74, 6) is 1.95. The number of imidazole rings is 1. The van der Waals surface area contributed by atoms with Crippen LogP contribution in [-0.2, 0) is 24.2 Å². The second kappa shape index (κ2) is 7.33. The lowest BCUT2D eigenvalue weighted by Crippen LogP contribution is -2.17. The van der Waals surface area contributed by atoms with E-state index in [2.05, 4.69) is 24.8 Å². The van der Waals surface area contributed by atoms with Crippen LogP contribution in [-0.4, -0.2) is 25.4 Å². The quantitative estimate of drug-likeness (QED) is 0.928. The minimum atomic E-state index is -0.110. The number of nitrogens with one attached hydrogen (secondary N) is 1. The minimum Gasteiger partial charge on any atom is -0.335 e. The number of hydrogen-bond acceptors (Lipinski definition) is 4. The highest BCUT2D eigenvalue weighted by Gasteiger charge is 2.17.